The van der Waals surface area contributed by atoms with Gasteiger partial charge in [-0.1, -0.05) is 68.7 Å². The molecule has 0 aliphatic rings. The highest BCUT2D eigenvalue weighted by atomic mass is 35.5. The number of nitrogens with zero attached hydrogens (tertiary/aromatic N) is 1. The third-order valence-corrected chi connectivity index (χ3v) is 4.81. The number of unbranched alkanes of at least 4 members (excludes halogenated alkanes) is 6. The highest BCUT2D eigenvalue weighted by Crippen LogP contribution is 2.40. The van der Waals surface area contributed by atoms with E-state index in [9.17, 15) is 15.1 Å². The lowest BCUT2D eigenvalue weighted by atomic mass is 10.0. The second kappa shape index (κ2) is 9.62. The monoisotopic (exact) mass is 375 g/mol. The van der Waals surface area contributed by atoms with Crippen LogP contribution in [0.25, 0.3) is 0 Å². The van der Waals surface area contributed by atoms with Crippen molar-refractivity contribution in [1.82, 2.24) is 4.65 Å². The molecule has 1 N–H and O–H groups in total. The molecule has 4 nitrogen and oxygen atoms in total. The van der Waals surface area contributed by atoms with Crippen LogP contribution in [-0.2, 0) is 6.42 Å². The SMILES string of the molecule is CCCCCCCCCc1c(Cl)cc(C(=O)O)c(Cl)c1[N+](C)(C)[O-]. The van der Waals surface area contributed by atoms with Gasteiger partial charge in [0.05, 0.1) is 24.7 Å². The molecular weight excluding hydrogens is 349 g/mol. The normalized spacial score (nSPS) is 11.8. The van der Waals surface area contributed by atoms with Crippen molar-refractivity contribution in [3.8, 4) is 0 Å². The van der Waals surface area contributed by atoms with Crippen LogP contribution in [0.3, 0.4) is 0 Å². The van der Waals surface area contributed by atoms with E-state index in [0.717, 1.165) is 19.3 Å². The second-order valence-corrected chi connectivity index (χ2v) is 7.36. The standard InChI is InChI=1S/C18H27Cl2NO3/c1-4-5-6-7-8-9-10-11-13-15(19)12-14(18(22)23)16(20)17(13)21(2,3)24/h12H,4-11H2,1-3H3,(H,22,23). The summed E-state index contributed by atoms with van der Waals surface area (Å²) in [6.07, 6.45) is 8.72. The molecule has 1 aromatic rings. The van der Waals surface area contributed by atoms with Crippen molar-refractivity contribution < 1.29 is 9.90 Å². The van der Waals surface area contributed by atoms with Crippen molar-refractivity contribution in [2.24, 2.45) is 0 Å². The predicted octanol–water partition coefficient (Wildman–Crippen LogP) is 6.05. The summed E-state index contributed by atoms with van der Waals surface area (Å²) in [7, 11) is 2.86. The van der Waals surface area contributed by atoms with Crippen molar-refractivity contribution in [2.45, 2.75) is 58.3 Å². The highest BCUT2D eigenvalue weighted by Gasteiger charge is 2.26. The first-order valence-corrected chi connectivity index (χ1v) is 9.25. The highest BCUT2D eigenvalue weighted by molar-refractivity contribution is 6.38. The predicted molar refractivity (Wildman–Crippen MR) is 102 cm³/mol. The number of hydrogen-bond donors (Lipinski definition) is 1. The zero-order valence-electron chi connectivity index (χ0n) is 14.7. The van der Waals surface area contributed by atoms with Crippen LogP contribution in [0.5, 0.6) is 0 Å². The molecule has 0 radical (unpaired) electrons. The average molecular weight is 376 g/mol. The molecule has 0 bridgehead atoms. The van der Waals surface area contributed by atoms with Gasteiger partial charge in [-0.2, -0.15) is 0 Å². The summed E-state index contributed by atoms with van der Waals surface area (Å²) in [5, 5.41) is 22.0. The number of carboxylic acid groups (broad SMARTS) is 1. The molecule has 1 rings (SSSR count). The van der Waals surface area contributed by atoms with Crippen molar-refractivity contribution in [2.75, 3.05) is 14.1 Å². The summed E-state index contributed by atoms with van der Waals surface area (Å²) in [6, 6.07) is 1.35. The van der Waals surface area contributed by atoms with Crippen LogP contribution in [0.4, 0.5) is 5.69 Å². The average Bonchev–Trinajstić information content (AvgIpc) is 2.47. The van der Waals surface area contributed by atoms with Crippen LogP contribution < -0.4 is 4.65 Å². The van der Waals surface area contributed by atoms with Crippen molar-refractivity contribution in [3.05, 3.63) is 32.4 Å². The van der Waals surface area contributed by atoms with E-state index in [1.807, 2.05) is 0 Å². The van der Waals surface area contributed by atoms with Gasteiger partial charge in [0.15, 0.2) is 5.69 Å². The van der Waals surface area contributed by atoms with Gasteiger partial charge in [-0.05, 0) is 18.9 Å². The molecule has 0 amide bonds. The molecule has 0 aliphatic carbocycles. The number of halogens is 2. The number of benzene rings is 1. The van der Waals surface area contributed by atoms with Crippen LogP contribution >= 0.6 is 23.2 Å². The van der Waals surface area contributed by atoms with E-state index in [-0.39, 0.29) is 16.3 Å². The van der Waals surface area contributed by atoms with Gasteiger partial charge in [0, 0.05) is 5.56 Å². The van der Waals surface area contributed by atoms with Gasteiger partial charge >= 0.3 is 5.97 Å². The number of rotatable bonds is 10. The molecule has 0 atom stereocenters. The number of carboxylic acids is 1. The van der Waals surface area contributed by atoms with Gasteiger partial charge in [0.2, 0.25) is 0 Å². The fraction of sp³-hybridized carbons (Fsp3) is 0.611. The molecule has 1 aromatic carbocycles. The number of hydrogen-bond acceptors (Lipinski definition) is 2. The van der Waals surface area contributed by atoms with Gasteiger partial charge in [-0.3, -0.25) is 0 Å². The van der Waals surface area contributed by atoms with Gasteiger partial charge in [-0.15, -0.1) is 0 Å². The number of carbonyl (C=O) groups is 1. The number of hydroxylamine groups is 2. The Balaban J connectivity index is 2.90. The Labute approximate surface area is 154 Å². The maximum absolute atomic E-state index is 12.5. The van der Waals surface area contributed by atoms with Crippen LogP contribution in [0.15, 0.2) is 6.07 Å². The minimum absolute atomic E-state index is 0.00940. The molecule has 6 heteroatoms. The van der Waals surface area contributed by atoms with E-state index in [2.05, 4.69) is 6.92 Å². The molecule has 0 heterocycles. The Hall–Kier alpha value is -0.810. The van der Waals surface area contributed by atoms with Crippen molar-refractivity contribution >= 4 is 34.9 Å². The lowest BCUT2D eigenvalue weighted by Crippen LogP contribution is -2.34. The van der Waals surface area contributed by atoms with Crippen molar-refractivity contribution in [1.29, 1.82) is 0 Å². The topological polar surface area (TPSA) is 60.4 Å². The quantitative estimate of drug-likeness (QED) is 0.307. The van der Waals surface area contributed by atoms with E-state index in [1.54, 1.807) is 0 Å². The lowest BCUT2D eigenvalue weighted by molar-refractivity contribution is 0.0697. The Morgan fingerprint density at radius 1 is 1.12 bits per heavy atom. The summed E-state index contributed by atoms with van der Waals surface area (Å²) in [5.41, 5.74) is 0.801. The summed E-state index contributed by atoms with van der Waals surface area (Å²) in [4.78, 5) is 11.3. The fourth-order valence-electron chi connectivity index (χ4n) is 2.86. The van der Waals surface area contributed by atoms with E-state index < -0.39 is 10.6 Å². The molecule has 0 aromatic heterocycles. The second-order valence-electron chi connectivity index (χ2n) is 6.57. The summed E-state index contributed by atoms with van der Waals surface area (Å²) < 4.78 is -0.800. The molecule has 136 valence electrons. The summed E-state index contributed by atoms with van der Waals surface area (Å²) in [5.74, 6) is -1.18. The largest absolute Gasteiger partial charge is 0.628 e. The third kappa shape index (κ3) is 5.92. The first kappa shape index (κ1) is 21.2. The van der Waals surface area contributed by atoms with E-state index in [1.165, 1.54) is 45.8 Å². The van der Waals surface area contributed by atoms with Crippen LogP contribution in [0.1, 0.15) is 67.8 Å². The molecule has 0 saturated carbocycles. The molecule has 0 fully saturated rings. The molecule has 0 aliphatic heterocycles. The summed E-state index contributed by atoms with van der Waals surface area (Å²) >= 11 is 12.5. The number of quaternary nitrogens is 1. The Kier molecular flexibility index (Phi) is 8.51. The van der Waals surface area contributed by atoms with Gasteiger partial charge in [0.25, 0.3) is 0 Å². The van der Waals surface area contributed by atoms with Gasteiger partial charge in [-0.25, -0.2) is 4.79 Å². The summed E-state index contributed by atoms with van der Waals surface area (Å²) in [6.45, 7) is 2.19. The minimum atomic E-state index is -1.18. The zero-order valence-corrected chi connectivity index (χ0v) is 16.2. The Bertz CT molecular complexity index is 568. The van der Waals surface area contributed by atoms with E-state index >= 15 is 0 Å². The lowest BCUT2D eigenvalue weighted by Gasteiger charge is -2.36. The van der Waals surface area contributed by atoms with Gasteiger partial charge in [0.1, 0.15) is 5.02 Å². The number of aromatic carboxylic acids is 1. The first-order valence-electron chi connectivity index (χ1n) is 8.49. The van der Waals surface area contributed by atoms with Crippen LogP contribution in [0, 0.1) is 5.21 Å². The third-order valence-electron chi connectivity index (χ3n) is 4.09. The maximum Gasteiger partial charge on any atom is 0.337 e. The van der Waals surface area contributed by atoms with Crippen molar-refractivity contribution in [3.63, 3.8) is 0 Å². The van der Waals surface area contributed by atoms with Gasteiger partial charge < -0.3 is 15.0 Å². The Morgan fingerprint density at radius 3 is 2.17 bits per heavy atom. The van der Waals surface area contributed by atoms with E-state index in [4.69, 9.17) is 23.2 Å². The molecule has 0 saturated heterocycles. The smallest absolute Gasteiger partial charge is 0.337 e. The molecular formula is C18H27Cl2NO3. The molecule has 0 unspecified atom stereocenters. The maximum atomic E-state index is 12.5. The van der Waals surface area contributed by atoms with Crippen LogP contribution in [-0.4, -0.2) is 25.2 Å². The first-order chi connectivity index (χ1) is 11.2. The van der Waals surface area contributed by atoms with E-state index in [0.29, 0.717) is 17.0 Å². The Morgan fingerprint density at radius 2 is 1.67 bits per heavy atom. The fourth-order valence-corrected chi connectivity index (χ4v) is 3.61. The minimum Gasteiger partial charge on any atom is -0.628 e. The van der Waals surface area contributed by atoms with Crippen LogP contribution in [0.2, 0.25) is 10.0 Å². The zero-order chi connectivity index (χ0) is 18.3. The molecule has 0 spiro atoms. The molecule has 24 heavy (non-hydrogen) atoms.